The number of methoxy groups -OCH3 is 1. The number of amides is 1. The fraction of sp³-hybridized carbons (Fsp3) is 0.0833. The average molecular weight is 638 g/mol. The quantitative estimate of drug-likeness (QED) is 0.165. The number of carbonyl (C=O) groups is 1. The van der Waals surface area contributed by atoms with Gasteiger partial charge in [-0.3, -0.25) is 9.69 Å². The molecule has 1 amide bonds. The normalized spacial score (nSPS) is 14.8. The molecule has 0 saturated carbocycles. The van der Waals surface area contributed by atoms with E-state index in [4.69, 9.17) is 21.7 Å². The topological polar surface area (TPSA) is 38.8 Å². The van der Waals surface area contributed by atoms with Crippen LogP contribution in [0.25, 0.3) is 6.08 Å². The van der Waals surface area contributed by atoms with Gasteiger partial charge in [0.05, 0.1) is 22.2 Å². The molecule has 0 bridgehead atoms. The molecule has 1 aliphatic rings. The molecule has 0 radical (unpaired) electrons. The van der Waals surface area contributed by atoms with E-state index < -0.39 is 0 Å². The minimum Gasteiger partial charge on any atom is -0.493 e. The zero-order chi connectivity index (χ0) is 22.7. The van der Waals surface area contributed by atoms with Gasteiger partial charge in [-0.1, -0.05) is 54.3 Å². The third-order valence-corrected chi connectivity index (χ3v) is 7.26. The second-order valence-corrected chi connectivity index (χ2v) is 10.6. The molecule has 3 aromatic rings. The number of para-hydroxylation sites is 1. The van der Waals surface area contributed by atoms with Crippen molar-refractivity contribution in [2.75, 3.05) is 12.0 Å². The third-order valence-electron chi connectivity index (χ3n) is 4.65. The second kappa shape index (κ2) is 10.4. The van der Waals surface area contributed by atoms with Crippen molar-refractivity contribution in [2.45, 2.75) is 6.61 Å². The smallest absolute Gasteiger partial charge is 0.270 e. The van der Waals surface area contributed by atoms with Crippen molar-refractivity contribution in [3.63, 3.8) is 0 Å². The standard InChI is InChI=1S/C24H17BrINO3S2/c1-29-20-12-16(11-19(25)22(20)30-14-15-7-9-17(26)10-8-15)13-21-23(28)27(24(31)32-21)18-5-3-2-4-6-18/h2-13H,14H2,1H3/b21-13+. The van der Waals surface area contributed by atoms with E-state index in [1.165, 1.54) is 15.3 Å². The number of ether oxygens (including phenoxy) is 2. The molecule has 3 aromatic carbocycles. The number of thioether (sulfide) groups is 1. The molecule has 0 unspecified atom stereocenters. The highest BCUT2D eigenvalue weighted by molar-refractivity contribution is 14.1. The van der Waals surface area contributed by atoms with Gasteiger partial charge in [0.15, 0.2) is 15.8 Å². The fourth-order valence-corrected chi connectivity index (χ4v) is 5.35. The van der Waals surface area contributed by atoms with Gasteiger partial charge in [-0.05, 0) is 92.1 Å². The van der Waals surface area contributed by atoms with E-state index in [1.807, 2.05) is 72.8 Å². The number of thiocarbonyl (C=S) groups is 1. The summed E-state index contributed by atoms with van der Waals surface area (Å²) in [6.45, 7) is 0.418. The maximum absolute atomic E-state index is 13.0. The number of nitrogens with zero attached hydrogens (tertiary/aromatic N) is 1. The maximum Gasteiger partial charge on any atom is 0.270 e. The molecule has 0 N–H and O–H groups in total. The lowest BCUT2D eigenvalue weighted by molar-refractivity contribution is -0.113. The zero-order valence-corrected chi connectivity index (χ0v) is 22.3. The van der Waals surface area contributed by atoms with Crippen LogP contribution in [0.1, 0.15) is 11.1 Å². The number of hydrogen-bond acceptors (Lipinski definition) is 5. The molecule has 1 aliphatic heterocycles. The van der Waals surface area contributed by atoms with Gasteiger partial charge >= 0.3 is 0 Å². The van der Waals surface area contributed by atoms with E-state index in [2.05, 4.69) is 38.5 Å². The molecule has 0 aliphatic carbocycles. The van der Waals surface area contributed by atoms with Gasteiger partial charge in [0.2, 0.25) is 0 Å². The van der Waals surface area contributed by atoms with Gasteiger partial charge in [0.25, 0.3) is 5.91 Å². The SMILES string of the molecule is COc1cc(/C=C2/SC(=S)N(c3ccccc3)C2=O)cc(Br)c1OCc1ccc(I)cc1. The number of carbonyl (C=O) groups excluding carboxylic acids is 1. The van der Waals surface area contributed by atoms with E-state index in [0.29, 0.717) is 27.3 Å². The Morgan fingerprint density at radius 3 is 2.53 bits per heavy atom. The first-order valence-electron chi connectivity index (χ1n) is 9.54. The minimum atomic E-state index is -0.139. The van der Waals surface area contributed by atoms with Crippen LogP contribution in [0.15, 0.2) is 76.1 Å². The molecule has 4 rings (SSSR count). The highest BCUT2D eigenvalue weighted by atomic mass is 127. The van der Waals surface area contributed by atoms with Crippen LogP contribution in [0.4, 0.5) is 5.69 Å². The van der Waals surface area contributed by atoms with Crippen LogP contribution in [0.3, 0.4) is 0 Å². The molecular weight excluding hydrogens is 621 g/mol. The molecule has 1 heterocycles. The van der Waals surface area contributed by atoms with Crippen molar-refractivity contribution in [3.8, 4) is 11.5 Å². The zero-order valence-electron chi connectivity index (χ0n) is 16.9. The van der Waals surface area contributed by atoms with E-state index in [0.717, 1.165) is 21.3 Å². The molecular formula is C24H17BrINO3S2. The van der Waals surface area contributed by atoms with Crippen molar-refractivity contribution >= 4 is 84.5 Å². The molecule has 32 heavy (non-hydrogen) atoms. The second-order valence-electron chi connectivity index (χ2n) is 6.80. The van der Waals surface area contributed by atoms with Crippen molar-refractivity contribution < 1.29 is 14.3 Å². The van der Waals surface area contributed by atoms with E-state index >= 15 is 0 Å². The first-order chi connectivity index (χ1) is 15.5. The number of anilines is 1. The van der Waals surface area contributed by atoms with Crippen LogP contribution in [0.2, 0.25) is 0 Å². The summed E-state index contributed by atoms with van der Waals surface area (Å²) in [7, 11) is 1.60. The van der Waals surface area contributed by atoms with Crippen molar-refractivity contribution in [2.24, 2.45) is 0 Å². The van der Waals surface area contributed by atoms with Gasteiger partial charge in [0.1, 0.15) is 6.61 Å². The van der Waals surface area contributed by atoms with E-state index in [-0.39, 0.29) is 5.91 Å². The van der Waals surface area contributed by atoms with Crippen molar-refractivity contribution in [1.82, 2.24) is 0 Å². The van der Waals surface area contributed by atoms with Gasteiger partial charge in [-0.2, -0.15) is 0 Å². The molecule has 0 atom stereocenters. The largest absolute Gasteiger partial charge is 0.493 e. The van der Waals surface area contributed by atoms with Gasteiger partial charge < -0.3 is 9.47 Å². The number of rotatable bonds is 6. The molecule has 4 nitrogen and oxygen atoms in total. The van der Waals surface area contributed by atoms with Gasteiger partial charge in [-0.15, -0.1) is 0 Å². The Balaban J connectivity index is 1.57. The highest BCUT2D eigenvalue weighted by Crippen LogP contribution is 2.40. The summed E-state index contributed by atoms with van der Waals surface area (Å²) >= 11 is 12.6. The van der Waals surface area contributed by atoms with Crippen LogP contribution in [-0.2, 0) is 11.4 Å². The summed E-state index contributed by atoms with van der Waals surface area (Å²) in [6, 6.07) is 21.3. The molecule has 0 spiro atoms. The monoisotopic (exact) mass is 637 g/mol. The summed E-state index contributed by atoms with van der Waals surface area (Å²) in [5.74, 6) is 1.05. The minimum absolute atomic E-state index is 0.139. The summed E-state index contributed by atoms with van der Waals surface area (Å²) < 4.78 is 14.0. The lowest BCUT2D eigenvalue weighted by Crippen LogP contribution is -2.27. The molecule has 1 saturated heterocycles. The third kappa shape index (κ3) is 5.19. The Morgan fingerprint density at radius 2 is 1.84 bits per heavy atom. The molecule has 8 heteroatoms. The lowest BCUT2D eigenvalue weighted by Gasteiger charge is -2.14. The predicted molar refractivity (Wildman–Crippen MR) is 146 cm³/mol. The highest BCUT2D eigenvalue weighted by Gasteiger charge is 2.33. The van der Waals surface area contributed by atoms with E-state index in [9.17, 15) is 4.79 Å². The Bertz CT molecular complexity index is 1200. The summed E-state index contributed by atoms with van der Waals surface area (Å²) in [5.41, 5.74) is 2.63. The number of benzene rings is 3. The summed E-state index contributed by atoms with van der Waals surface area (Å²) in [5, 5.41) is 0. The Morgan fingerprint density at radius 1 is 1.12 bits per heavy atom. The van der Waals surface area contributed by atoms with Crippen LogP contribution >= 0.6 is 62.5 Å². The Hall–Kier alpha value is -1.88. The maximum atomic E-state index is 13.0. The first kappa shape index (κ1) is 23.3. The number of halogens is 2. The average Bonchev–Trinajstić information content (AvgIpc) is 3.07. The summed E-state index contributed by atoms with van der Waals surface area (Å²) in [4.78, 5) is 15.1. The Kier molecular flexibility index (Phi) is 7.55. The summed E-state index contributed by atoms with van der Waals surface area (Å²) in [6.07, 6.45) is 1.82. The molecule has 162 valence electrons. The lowest BCUT2D eigenvalue weighted by atomic mass is 10.1. The van der Waals surface area contributed by atoms with Crippen molar-refractivity contribution in [1.29, 1.82) is 0 Å². The fourth-order valence-electron chi connectivity index (χ4n) is 3.12. The van der Waals surface area contributed by atoms with Crippen LogP contribution < -0.4 is 14.4 Å². The number of hydrogen-bond donors (Lipinski definition) is 0. The first-order valence-corrected chi connectivity index (χ1v) is 12.6. The predicted octanol–water partition coefficient (Wildman–Crippen LogP) is 7.05. The van der Waals surface area contributed by atoms with Crippen molar-refractivity contribution in [3.05, 3.63) is 90.8 Å². The van der Waals surface area contributed by atoms with Crippen LogP contribution in [0, 0.1) is 3.57 Å². The molecule has 0 aromatic heterocycles. The van der Waals surface area contributed by atoms with Crippen LogP contribution in [0.5, 0.6) is 11.5 Å². The van der Waals surface area contributed by atoms with E-state index in [1.54, 1.807) is 12.0 Å². The Labute approximate surface area is 218 Å². The van der Waals surface area contributed by atoms with Gasteiger partial charge in [-0.25, -0.2) is 0 Å². The van der Waals surface area contributed by atoms with Crippen LogP contribution in [-0.4, -0.2) is 17.3 Å². The van der Waals surface area contributed by atoms with Gasteiger partial charge in [0, 0.05) is 3.57 Å². The molecule has 1 fully saturated rings.